The summed E-state index contributed by atoms with van der Waals surface area (Å²) in [5.74, 6) is 1.02. The summed E-state index contributed by atoms with van der Waals surface area (Å²) >= 11 is 0. The van der Waals surface area contributed by atoms with Crippen LogP contribution in [0.3, 0.4) is 0 Å². The fourth-order valence-corrected chi connectivity index (χ4v) is 2.23. The lowest BCUT2D eigenvalue weighted by atomic mass is 10.1. The average Bonchev–Trinajstić information content (AvgIpc) is 2.37. The number of hydrogen-bond donors (Lipinski definition) is 1. The second kappa shape index (κ2) is 9.29. The van der Waals surface area contributed by atoms with Crippen LogP contribution in [0.2, 0.25) is 0 Å². The predicted octanol–water partition coefficient (Wildman–Crippen LogP) is 3.12. The first-order valence-corrected chi connectivity index (χ1v) is 6.52. The Labute approximate surface area is 128 Å². The van der Waals surface area contributed by atoms with E-state index in [0.717, 1.165) is 38.4 Å². The van der Waals surface area contributed by atoms with Crippen LogP contribution >= 0.6 is 24.8 Å². The molecule has 2 rings (SSSR count). The van der Waals surface area contributed by atoms with Gasteiger partial charge in [0.15, 0.2) is 0 Å². The van der Waals surface area contributed by atoms with Gasteiger partial charge in [-0.3, -0.25) is 0 Å². The van der Waals surface area contributed by atoms with E-state index in [1.807, 2.05) is 6.07 Å². The largest absolute Gasteiger partial charge is 0.491 e. The summed E-state index contributed by atoms with van der Waals surface area (Å²) in [5, 5.41) is 3.41. The van der Waals surface area contributed by atoms with Crippen LogP contribution in [0.4, 0.5) is 5.69 Å². The normalized spacial score (nSPS) is 18.2. The van der Waals surface area contributed by atoms with E-state index in [9.17, 15) is 0 Å². The van der Waals surface area contributed by atoms with Gasteiger partial charge in [0.25, 0.3) is 0 Å². The molecule has 0 bridgehead atoms. The molecule has 1 aliphatic heterocycles. The fourth-order valence-electron chi connectivity index (χ4n) is 2.23. The number of nitrogens with zero attached hydrogens (tertiary/aromatic N) is 1. The lowest BCUT2D eigenvalue weighted by molar-refractivity contribution is 0.316. The summed E-state index contributed by atoms with van der Waals surface area (Å²) in [4.78, 5) is 2.43. The van der Waals surface area contributed by atoms with Crippen molar-refractivity contribution in [2.75, 3.05) is 31.1 Å². The topological polar surface area (TPSA) is 24.5 Å². The monoisotopic (exact) mass is 306 g/mol. The highest BCUT2D eigenvalue weighted by atomic mass is 35.5. The van der Waals surface area contributed by atoms with Gasteiger partial charge in [-0.25, -0.2) is 0 Å². The van der Waals surface area contributed by atoms with Crippen molar-refractivity contribution in [1.29, 1.82) is 0 Å². The molecule has 1 N–H and O–H groups in total. The highest BCUT2D eigenvalue weighted by Gasteiger charge is 2.20. The third-order valence-electron chi connectivity index (χ3n) is 3.14. The first-order valence-electron chi connectivity index (χ1n) is 6.52. The quantitative estimate of drug-likeness (QED) is 0.925. The van der Waals surface area contributed by atoms with Crippen LogP contribution in [0.15, 0.2) is 24.3 Å². The van der Waals surface area contributed by atoms with Gasteiger partial charge in [0.2, 0.25) is 0 Å². The number of benzene rings is 1. The van der Waals surface area contributed by atoms with Crippen molar-refractivity contribution in [3.8, 4) is 5.75 Å². The molecular formula is C14H24Cl2N2O. The van der Waals surface area contributed by atoms with Gasteiger partial charge in [-0.1, -0.05) is 19.1 Å². The van der Waals surface area contributed by atoms with E-state index in [-0.39, 0.29) is 24.8 Å². The Morgan fingerprint density at radius 3 is 2.74 bits per heavy atom. The number of nitrogens with one attached hydrogen (secondary N) is 1. The lowest BCUT2D eigenvalue weighted by Crippen LogP contribution is -2.50. The van der Waals surface area contributed by atoms with Crippen LogP contribution in [0.25, 0.3) is 0 Å². The molecule has 0 radical (unpaired) electrons. The fraction of sp³-hybridized carbons (Fsp3) is 0.571. The van der Waals surface area contributed by atoms with E-state index >= 15 is 0 Å². The smallest absolute Gasteiger partial charge is 0.142 e. The van der Waals surface area contributed by atoms with Gasteiger partial charge in [-0.2, -0.15) is 0 Å². The van der Waals surface area contributed by atoms with Crippen LogP contribution in [0.5, 0.6) is 5.75 Å². The van der Waals surface area contributed by atoms with Gasteiger partial charge in [-0.15, -0.1) is 24.8 Å². The molecule has 1 unspecified atom stereocenters. The van der Waals surface area contributed by atoms with Gasteiger partial charge in [0.05, 0.1) is 12.3 Å². The van der Waals surface area contributed by atoms with E-state index in [0.29, 0.717) is 6.04 Å². The number of hydrogen-bond acceptors (Lipinski definition) is 3. The number of piperazine rings is 1. The Bertz CT molecular complexity index is 363. The van der Waals surface area contributed by atoms with Crippen molar-refractivity contribution < 1.29 is 4.74 Å². The molecule has 0 amide bonds. The van der Waals surface area contributed by atoms with Crippen LogP contribution < -0.4 is 15.0 Å². The van der Waals surface area contributed by atoms with Crippen LogP contribution in [0.1, 0.15) is 20.3 Å². The third kappa shape index (κ3) is 4.75. The van der Waals surface area contributed by atoms with Crippen molar-refractivity contribution >= 4 is 30.5 Å². The van der Waals surface area contributed by atoms with E-state index in [1.165, 1.54) is 5.69 Å². The molecule has 1 aromatic rings. The minimum absolute atomic E-state index is 0. The molecule has 1 aromatic carbocycles. The Morgan fingerprint density at radius 2 is 2.05 bits per heavy atom. The van der Waals surface area contributed by atoms with Crippen molar-refractivity contribution in [3.63, 3.8) is 0 Å². The molecule has 5 heteroatoms. The molecule has 1 atom stereocenters. The molecule has 0 saturated carbocycles. The van der Waals surface area contributed by atoms with Crippen LogP contribution in [-0.4, -0.2) is 32.3 Å². The van der Waals surface area contributed by atoms with E-state index in [4.69, 9.17) is 4.74 Å². The summed E-state index contributed by atoms with van der Waals surface area (Å²) in [6.07, 6.45) is 1.05. The van der Waals surface area contributed by atoms with E-state index in [1.54, 1.807) is 0 Å². The zero-order chi connectivity index (χ0) is 12.1. The SMILES string of the molecule is CCCOc1ccccc1N1CCNCC1C.Cl.Cl. The lowest BCUT2D eigenvalue weighted by Gasteiger charge is -2.36. The minimum atomic E-state index is 0. The van der Waals surface area contributed by atoms with Gasteiger partial charge >= 0.3 is 0 Å². The van der Waals surface area contributed by atoms with E-state index in [2.05, 4.69) is 42.3 Å². The van der Waals surface area contributed by atoms with Crippen molar-refractivity contribution in [3.05, 3.63) is 24.3 Å². The molecule has 0 aromatic heterocycles. The van der Waals surface area contributed by atoms with Gasteiger partial charge in [0.1, 0.15) is 5.75 Å². The molecule has 0 spiro atoms. The second-order valence-corrected chi connectivity index (χ2v) is 4.56. The number of ether oxygens (including phenoxy) is 1. The highest BCUT2D eigenvalue weighted by Crippen LogP contribution is 2.29. The number of anilines is 1. The summed E-state index contributed by atoms with van der Waals surface area (Å²) in [5.41, 5.74) is 1.23. The molecule has 3 nitrogen and oxygen atoms in total. The predicted molar refractivity (Wildman–Crippen MR) is 86.4 cm³/mol. The summed E-state index contributed by atoms with van der Waals surface area (Å²) in [6, 6.07) is 8.88. The van der Waals surface area contributed by atoms with Crippen molar-refractivity contribution in [2.24, 2.45) is 0 Å². The molecule has 1 saturated heterocycles. The molecule has 1 aliphatic rings. The maximum absolute atomic E-state index is 5.83. The minimum Gasteiger partial charge on any atom is -0.491 e. The zero-order valence-electron chi connectivity index (χ0n) is 11.6. The Balaban J connectivity index is 0.00000162. The second-order valence-electron chi connectivity index (χ2n) is 4.56. The van der Waals surface area contributed by atoms with Gasteiger partial charge < -0.3 is 15.0 Å². The zero-order valence-corrected chi connectivity index (χ0v) is 13.2. The molecule has 19 heavy (non-hydrogen) atoms. The summed E-state index contributed by atoms with van der Waals surface area (Å²) in [6.45, 7) is 8.32. The number of halogens is 2. The Morgan fingerprint density at radius 1 is 1.32 bits per heavy atom. The first kappa shape index (κ1) is 18.4. The number of para-hydroxylation sites is 2. The van der Waals surface area contributed by atoms with Gasteiger partial charge in [-0.05, 0) is 25.5 Å². The maximum atomic E-state index is 5.83. The Hall–Kier alpha value is -0.640. The highest BCUT2D eigenvalue weighted by molar-refractivity contribution is 5.85. The first-order chi connectivity index (χ1) is 8.33. The van der Waals surface area contributed by atoms with Crippen LogP contribution in [-0.2, 0) is 0 Å². The maximum Gasteiger partial charge on any atom is 0.142 e. The molecule has 1 heterocycles. The Kier molecular flexibility index (Phi) is 8.98. The standard InChI is InChI=1S/C14H22N2O.2ClH/c1-3-10-17-14-7-5-4-6-13(14)16-9-8-15-11-12(16)2;;/h4-7,12,15H,3,8-11H2,1-2H3;2*1H. The van der Waals surface area contributed by atoms with Crippen molar-refractivity contribution in [1.82, 2.24) is 5.32 Å². The van der Waals surface area contributed by atoms with Crippen LogP contribution in [0, 0.1) is 0 Å². The van der Waals surface area contributed by atoms with Crippen molar-refractivity contribution in [2.45, 2.75) is 26.3 Å². The molecular weight excluding hydrogens is 283 g/mol. The third-order valence-corrected chi connectivity index (χ3v) is 3.14. The molecule has 1 fully saturated rings. The molecule has 0 aliphatic carbocycles. The number of rotatable bonds is 4. The molecule has 110 valence electrons. The summed E-state index contributed by atoms with van der Waals surface area (Å²) < 4.78 is 5.83. The summed E-state index contributed by atoms with van der Waals surface area (Å²) in [7, 11) is 0. The van der Waals surface area contributed by atoms with Gasteiger partial charge in [0, 0.05) is 25.7 Å². The van der Waals surface area contributed by atoms with E-state index < -0.39 is 0 Å². The average molecular weight is 307 g/mol.